The summed E-state index contributed by atoms with van der Waals surface area (Å²) in [6, 6.07) is 6.57. The fourth-order valence-corrected chi connectivity index (χ4v) is 4.54. The molecule has 2 aromatic heterocycles. The Labute approximate surface area is 245 Å². The Hall–Kier alpha value is -4.22. The van der Waals surface area contributed by atoms with Crippen molar-refractivity contribution in [3.05, 3.63) is 41.3 Å². The molecule has 1 aromatic carbocycles. The average Bonchev–Trinajstić information content (AvgIpc) is 3.28. The molecule has 3 rings (SSSR count). The van der Waals surface area contributed by atoms with Crippen LogP contribution in [0.3, 0.4) is 0 Å². The van der Waals surface area contributed by atoms with Gasteiger partial charge in [0.25, 0.3) is 5.91 Å². The zero-order chi connectivity index (χ0) is 30.6. The second-order valence-corrected chi connectivity index (χ2v) is 10.1. The van der Waals surface area contributed by atoms with Crippen LogP contribution in [0.1, 0.15) is 88.9 Å². The van der Waals surface area contributed by atoms with Gasteiger partial charge in [-0.05, 0) is 37.8 Å². The lowest BCUT2D eigenvalue weighted by Crippen LogP contribution is -2.33. The van der Waals surface area contributed by atoms with Crippen LogP contribution in [0, 0.1) is 0 Å². The average molecular weight is 584 g/mol. The first kappa shape index (κ1) is 32.3. The molecule has 0 saturated carbocycles. The molecule has 2 heterocycles. The monoisotopic (exact) mass is 583 g/mol. The van der Waals surface area contributed by atoms with Gasteiger partial charge in [-0.1, -0.05) is 52.2 Å². The van der Waals surface area contributed by atoms with Crippen LogP contribution in [0.25, 0.3) is 11.0 Å². The van der Waals surface area contributed by atoms with Crippen molar-refractivity contribution in [3.63, 3.8) is 0 Å². The fourth-order valence-electron chi connectivity index (χ4n) is 4.54. The minimum Gasteiger partial charge on any atom is -0.481 e. The summed E-state index contributed by atoms with van der Waals surface area (Å²) >= 11 is 0. The molecule has 0 spiro atoms. The predicted molar refractivity (Wildman–Crippen MR) is 156 cm³/mol. The number of aromatic nitrogens is 4. The van der Waals surface area contributed by atoms with Crippen LogP contribution >= 0.6 is 0 Å². The molecule has 0 radical (unpaired) electrons. The molecule has 0 bridgehead atoms. The molecule has 0 aliphatic rings. The quantitative estimate of drug-likeness (QED) is 0.183. The van der Waals surface area contributed by atoms with E-state index >= 15 is 0 Å². The first-order valence-corrected chi connectivity index (χ1v) is 14.6. The summed E-state index contributed by atoms with van der Waals surface area (Å²) in [5.41, 5.74) is 2.64. The number of aliphatic carboxylic acids is 2. The van der Waals surface area contributed by atoms with Gasteiger partial charge < -0.3 is 25.0 Å². The van der Waals surface area contributed by atoms with Gasteiger partial charge in [0.15, 0.2) is 6.10 Å². The van der Waals surface area contributed by atoms with Gasteiger partial charge in [0.2, 0.25) is 12.0 Å². The maximum atomic E-state index is 13.5. The number of benzene rings is 1. The highest BCUT2D eigenvalue weighted by Crippen LogP contribution is 2.31. The molecule has 2 atom stereocenters. The maximum absolute atomic E-state index is 13.5. The summed E-state index contributed by atoms with van der Waals surface area (Å²) < 4.78 is 13.7. The van der Waals surface area contributed by atoms with Crippen LogP contribution in [-0.4, -0.2) is 60.5 Å². The van der Waals surface area contributed by atoms with E-state index in [0.717, 1.165) is 18.5 Å². The number of hydrogen-bond donors (Lipinski definition) is 3. The molecular weight excluding hydrogens is 542 g/mol. The first-order chi connectivity index (χ1) is 20.2. The number of carbonyl (C=O) groups is 3. The molecule has 3 aromatic rings. The number of hydrogen-bond acceptors (Lipinski definition) is 8. The zero-order valence-electron chi connectivity index (χ0n) is 24.8. The molecule has 0 saturated heterocycles. The van der Waals surface area contributed by atoms with Gasteiger partial charge in [0.1, 0.15) is 22.6 Å². The Bertz CT molecular complexity index is 1360. The number of aryl methyl sites for hydroxylation is 3. The number of amides is 1. The van der Waals surface area contributed by atoms with Crippen LogP contribution in [0.2, 0.25) is 0 Å². The highest BCUT2D eigenvalue weighted by Gasteiger charge is 2.27. The van der Waals surface area contributed by atoms with Crippen LogP contribution in [0.4, 0.5) is 0 Å². The van der Waals surface area contributed by atoms with Crippen molar-refractivity contribution in [2.24, 2.45) is 7.05 Å². The van der Waals surface area contributed by atoms with Crippen LogP contribution < -0.4 is 14.8 Å². The Balaban J connectivity index is 1.91. The molecule has 0 aliphatic heterocycles. The third-order valence-corrected chi connectivity index (χ3v) is 6.69. The summed E-state index contributed by atoms with van der Waals surface area (Å²) in [5, 5.41) is 25.8. The Morgan fingerprint density at radius 2 is 1.71 bits per heavy atom. The van der Waals surface area contributed by atoms with E-state index in [2.05, 4.69) is 22.3 Å². The highest BCUT2D eigenvalue weighted by atomic mass is 16.5. The smallest absolute Gasteiger partial charge is 0.344 e. The predicted octanol–water partition coefficient (Wildman–Crippen LogP) is 4.39. The van der Waals surface area contributed by atoms with Gasteiger partial charge in [-0.15, -0.1) is 0 Å². The third-order valence-electron chi connectivity index (χ3n) is 6.69. The van der Waals surface area contributed by atoms with Crippen molar-refractivity contribution >= 4 is 28.9 Å². The lowest BCUT2D eigenvalue weighted by Gasteiger charge is -2.20. The molecule has 1 amide bonds. The number of nitrogens with zero attached hydrogens (tertiary/aromatic N) is 4. The van der Waals surface area contributed by atoms with Gasteiger partial charge in [0.05, 0.1) is 5.69 Å². The molecule has 0 aliphatic carbocycles. The molecule has 0 fully saturated rings. The number of rotatable bonds is 18. The van der Waals surface area contributed by atoms with Gasteiger partial charge in [-0.2, -0.15) is 10.1 Å². The van der Waals surface area contributed by atoms with Gasteiger partial charge in [0, 0.05) is 32.0 Å². The highest BCUT2D eigenvalue weighted by molar-refractivity contribution is 5.85. The van der Waals surface area contributed by atoms with E-state index in [-0.39, 0.29) is 12.3 Å². The van der Waals surface area contributed by atoms with Gasteiger partial charge in [-0.25, -0.2) is 9.78 Å². The zero-order valence-corrected chi connectivity index (χ0v) is 24.8. The number of nitrogens with one attached hydrogen (secondary N) is 1. The number of fused-ring (bicyclic) bond motifs is 1. The number of carboxylic acids is 2. The first-order valence-electron chi connectivity index (χ1n) is 14.6. The topological polar surface area (TPSA) is 166 Å². The molecular formula is C30H41N5O7. The fraction of sp³-hybridized carbons (Fsp3) is 0.533. The SMILES string of the molecule is CCCc1nn(C)c2c(OC(C(=O)NCCCCCC(=O)O)c3ccc(OC(CCC)C(=O)O)cc3)nc(CC)nc12. The molecule has 12 nitrogen and oxygen atoms in total. The standard InChI is InChI=1S/C30H41N5O7/c1-5-11-21-25-26(35(4)34-21)29(33-23(7-3)32-25)42-27(28(38)31-18-10-8-9-13-24(36)37)19-14-16-20(17-15-19)41-22(12-6-2)30(39)40/h14-17,22,27H,5-13,18H2,1-4H3,(H,31,38)(H,36,37)(H,39,40). The Morgan fingerprint density at radius 3 is 2.33 bits per heavy atom. The second-order valence-electron chi connectivity index (χ2n) is 10.1. The second kappa shape index (κ2) is 15.7. The van der Waals surface area contributed by atoms with Crippen molar-refractivity contribution in [3.8, 4) is 11.6 Å². The maximum Gasteiger partial charge on any atom is 0.344 e. The molecule has 12 heteroatoms. The Kier molecular flexibility index (Phi) is 12.1. The normalized spacial score (nSPS) is 12.6. The number of carbonyl (C=O) groups excluding carboxylic acids is 1. The van der Waals surface area contributed by atoms with E-state index in [0.29, 0.717) is 73.2 Å². The van der Waals surface area contributed by atoms with Crippen molar-refractivity contribution in [2.75, 3.05) is 6.54 Å². The summed E-state index contributed by atoms with van der Waals surface area (Å²) in [6.07, 6.45) is 3.05. The third kappa shape index (κ3) is 8.64. The molecule has 42 heavy (non-hydrogen) atoms. The number of carboxylic acid groups (broad SMARTS) is 2. The van der Waals surface area contributed by atoms with E-state index < -0.39 is 30.1 Å². The molecule has 3 N–H and O–H groups in total. The van der Waals surface area contributed by atoms with E-state index in [9.17, 15) is 19.5 Å². The lowest BCUT2D eigenvalue weighted by atomic mass is 10.1. The summed E-state index contributed by atoms with van der Waals surface area (Å²) in [7, 11) is 1.79. The van der Waals surface area contributed by atoms with Crippen LogP contribution in [0.5, 0.6) is 11.6 Å². The molecule has 228 valence electrons. The minimum absolute atomic E-state index is 0.0866. The van der Waals surface area contributed by atoms with Crippen LogP contribution in [0.15, 0.2) is 24.3 Å². The van der Waals surface area contributed by atoms with E-state index in [1.54, 1.807) is 36.0 Å². The van der Waals surface area contributed by atoms with E-state index in [4.69, 9.17) is 19.6 Å². The van der Waals surface area contributed by atoms with Crippen molar-refractivity contribution in [1.29, 1.82) is 0 Å². The van der Waals surface area contributed by atoms with Crippen molar-refractivity contribution in [2.45, 2.75) is 90.8 Å². The van der Waals surface area contributed by atoms with Crippen molar-refractivity contribution < 1.29 is 34.1 Å². The summed E-state index contributed by atoms with van der Waals surface area (Å²) in [4.78, 5) is 45.1. The van der Waals surface area contributed by atoms with E-state index in [1.807, 2.05) is 13.8 Å². The van der Waals surface area contributed by atoms with Gasteiger partial charge >= 0.3 is 11.9 Å². The number of unbranched alkanes of at least 4 members (excludes halogenated alkanes) is 2. The number of ether oxygens (including phenoxy) is 2. The van der Waals surface area contributed by atoms with Crippen molar-refractivity contribution in [1.82, 2.24) is 25.1 Å². The summed E-state index contributed by atoms with van der Waals surface area (Å²) in [5.74, 6) is -1.10. The minimum atomic E-state index is -1.09. The van der Waals surface area contributed by atoms with Crippen LogP contribution in [-0.2, 0) is 34.3 Å². The largest absolute Gasteiger partial charge is 0.481 e. The molecule has 2 unspecified atom stereocenters. The Morgan fingerprint density at radius 1 is 0.976 bits per heavy atom. The summed E-state index contributed by atoms with van der Waals surface area (Å²) in [6.45, 7) is 6.24. The van der Waals surface area contributed by atoms with Gasteiger partial charge in [-0.3, -0.25) is 14.3 Å². The van der Waals surface area contributed by atoms with E-state index in [1.165, 1.54) is 0 Å². The lowest BCUT2D eigenvalue weighted by molar-refractivity contribution is -0.145.